The van der Waals surface area contributed by atoms with Crippen LogP contribution in [-0.2, 0) is 25.9 Å². The van der Waals surface area contributed by atoms with Crippen molar-refractivity contribution >= 4 is 16.9 Å². The summed E-state index contributed by atoms with van der Waals surface area (Å²) < 4.78 is 6.28. The molecule has 7 nitrogen and oxygen atoms in total. The number of anilines is 1. The Hall–Kier alpha value is -3.45. The topological polar surface area (TPSA) is 70.2 Å². The van der Waals surface area contributed by atoms with Crippen LogP contribution in [0.25, 0.3) is 22.2 Å². The smallest absolute Gasteiger partial charge is 0.144 e. The first kappa shape index (κ1) is 24.6. The molecule has 1 fully saturated rings. The third kappa shape index (κ3) is 4.89. The van der Waals surface area contributed by atoms with Gasteiger partial charge in [-0.25, -0.2) is 15.0 Å². The van der Waals surface area contributed by atoms with Gasteiger partial charge in [0.1, 0.15) is 29.8 Å². The van der Waals surface area contributed by atoms with Crippen LogP contribution >= 0.6 is 0 Å². The molecule has 1 saturated heterocycles. The predicted octanol–water partition coefficient (Wildman–Crippen LogP) is 5.84. The van der Waals surface area contributed by atoms with Crippen molar-refractivity contribution in [2.24, 2.45) is 5.41 Å². The molecule has 0 unspecified atom stereocenters. The number of nitrogens with zero attached hydrogens (tertiary/aromatic N) is 5. The Labute approximate surface area is 230 Å². The quantitative estimate of drug-likeness (QED) is 0.363. The number of hydrogen-bond acceptors (Lipinski definition) is 6. The maximum absolute atomic E-state index is 6.28. The monoisotopic (exact) mass is 522 g/mol. The van der Waals surface area contributed by atoms with Crippen molar-refractivity contribution in [1.82, 2.24) is 24.8 Å². The van der Waals surface area contributed by atoms with Crippen molar-refractivity contribution in [3.05, 3.63) is 64.9 Å². The van der Waals surface area contributed by atoms with E-state index in [2.05, 4.69) is 70.0 Å². The number of imidazole rings is 1. The van der Waals surface area contributed by atoms with E-state index in [0.717, 1.165) is 79.8 Å². The van der Waals surface area contributed by atoms with Gasteiger partial charge in [-0.1, -0.05) is 26.0 Å². The Bertz CT molecular complexity index is 1530. The number of hydrogen-bond donors (Lipinski definition) is 1. The molecule has 0 radical (unpaired) electrons. The number of aryl methyl sites for hydroxylation is 2. The van der Waals surface area contributed by atoms with Crippen molar-refractivity contribution in [3.63, 3.8) is 0 Å². The van der Waals surface area contributed by atoms with Gasteiger partial charge in [0.25, 0.3) is 0 Å². The zero-order valence-corrected chi connectivity index (χ0v) is 23.4. The maximum atomic E-state index is 6.28. The van der Waals surface area contributed by atoms with Crippen LogP contribution in [0.5, 0.6) is 5.75 Å². The first-order chi connectivity index (χ1) is 18.9. The number of fused-ring (bicyclic) bond motifs is 3. The van der Waals surface area contributed by atoms with E-state index in [1.807, 2.05) is 6.92 Å². The normalized spacial score (nSPS) is 19.0. The Morgan fingerprint density at radius 2 is 1.79 bits per heavy atom. The zero-order valence-electron chi connectivity index (χ0n) is 23.4. The second-order valence-corrected chi connectivity index (χ2v) is 12.4. The third-order valence-corrected chi connectivity index (χ3v) is 8.65. The van der Waals surface area contributed by atoms with Gasteiger partial charge in [-0.2, -0.15) is 0 Å². The first-order valence-corrected chi connectivity index (χ1v) is 14.5. The van der Waals surface area contributed by atoms with Gasteiger partial charge in [0.15, 0.2) is 0 Å². The molecule has 3 aliphatic rings. The Kier molecular flexibility index (Phi) is 6.07. The molecule has 1 aliphatic carbocycles. The second-order valence-electron chi connectivity index (χ2n) is 12.4. The summed E-state index contributed by atoms with van der Waals surface area (Å²) in [4.78, 5) is 23.3. The van der Waals surface area contributed by atoms with Gasteiger partial charge in [-0.3, -0.25) is 4.90 Å². The lowest BCUT2D eigenvalue weighted by Crippen LogP contribution is -2.32. The van der Waals surface area contributed by atoms with E-state index in [1.165, 1.54) is 47.2 Å². The SMILES string of the molecule is Cc1nc2ccc(-c3ccc4c(c3)CN(c3nc(CN5CCCC5)nc5c3CC(C)(C)CC5)CCO4)cc2[nH]1. The van der Waals surface area contributed by atoms with Crippen molar-refractivity contribution in [3.8, 4) is 16.9 Å². The molecule has 39 heavy (non-hydrogen) atoms. The molecule has 7 heteroatoms. The maximum Gasteiger partial charge on any atom is 0.144 e. The minimum atomic E-state index is 0.263. The van der Waals surface area contributed by atoms with Crippen LogP contribution in [0, 0.1) is 12.3 Å². The molecule has 0 spiro atoms. The number of H-pyrrole nitrogens is 1. The fourth-order valence-electron chi connectivity index (χ4n) is 6.52. The van der Waals surface area contributed by atoms with Gasteiger partial charge in [0, 0.05) is 23.4 Å². The van der Waals surface area contributed by atoms with Crippen LogP contribution < -0.4 is 9.64 Å². The van der Waals surface area contributed by atoms with E-state index in [-0.39, 0.29) is 5.41 Å². The number of aromatic nitrogens is 4. The highest BCUT2D eigenvalue weighted by molar-refractivity contribution is 5.82. The minimum Gasteiger partial charge on any atom is -0.491 e. The molecular weight excluding hydrogens is 484 g/mol. The largest absolute Gasteiger partial charge is 0.491 e. The molecule has 2 aromatic heterocycles. The van der Waals surface area contributed by atoms with Crippen molar-refractivity contribution < 1.29 is 4.74 Å². The van der Waals surface area contributed by atoms with Crippen LogP contribution in [0.15, 0.2) is 36.4 Å². The van der Waals surface area contributed by atoms with Gasteiger partial charge >= 0.3 is 0 Å². The lowest BCUT2D eigenvalue weighted by molar-refractivity contribution is 0.303. The van der Waals surface area contributed by atoms with Gasteiger partial charge in [0.2, 0.25) is 0 Å². The van der Waals surface area contributed by atoms with Crippen LogP contribution in [0.3, 0.4) is 0 Å². The fourth-order valence-corrected chi connectivity index (χ4v) is 6.52. The molecule has 2 aliphatic heterocycles. The second kappa shape index (κ2) is 9.63. The summed E-state index contributed by atoms with van der Waals surface area (Å²) in [6.07, 6.45) is 5.79. The lowest BCUT2D eigenvalue weighted by Gasteiger charge is -2.34. The van der Waals surface area contributed by atoms with E-state index in [4.69, 9.17) is 14.7 Å². The number of aromatic amines is 1. The molecule has 0 bridgehead atoms. The van der Waals surface area contributed by atoms with Crippen LogP contribution in [0.4, 0.5) is 5.82 Å². The molecular formula is C32H38N6O. The molecule has 1 N–H and O–H groups in total. The van der Waals surface area contributed by atoms with Gasteiger partial charge in [0.05, 0.1) is 24.1 Å². The molecule has 4 heterocycles. The van der Waals surface area contributed by atoms with Crippen LogP contribution in [0.1, 0.15) is 61.6 Å². The molecule has 7 rings (SSSR count). The highest BCUT2D eigenvalue weighted by Crippen LogP contribution is 2.39. The van der Waals surface area contributed by atoms with Crippen LogP contribution in [0.2, 0.25) is 0 Å². The summed E-state index contributed by atoms with van der Waals surface area (Å²) in [5.74, 6) is 4.01. The predicted molar refractivity (Wildman–Crippen MR) is 155 cm³/mol. The van der Waals surface area contributed by atoms with E-state index in [0.29, 0.717) is 6.61 Å². The summed E-state index contributed by atoms with van der Waals surface area (Å²) in [6, 6.07) is 13.0. The third-order valence-electron chi connectivity index (χ3n) is 8.65. The Morgan fingerprint density at radius 3 is 2.67 bits per heavy atom. The summed E-state index contributed by atoms with van der Waals surface area (Å²) in [5, 5.41) is 0. The number of rotatable bonds is 4. The average Bonchev–Trinajstić information content (AvgIpc) is 3.50. The fraction of sp³-hybridized carbons (Fsp3) is 0.469. The van der Waals surface area contributed by atoms with E-state index >= 15 is 0 Å². The number of likely N-dealkylation sites (tertiary alicyclic amines) is 1. The highest BCUT2D eigenvalue weighted by atomic mass is 16.5. The molecule has 202 valence electrons. The van der Waals surface area contributed by atoms with Gasteiger partial charge in [-0.05, 0) is 92.9 Å². The Morgan fingerprint density at radius 1 is 0.974 bits per heavy atom. The van der Waals surface area contributed by atoms with Crippen molar-refractivity contribution in [2.75, 3.05) is 31.1 Å². The van der Waals surface area contributed by atoms with E-state index in [1.54, 1.807) is 0 Å². The molecule has 4 aromatic rings. The standard InChI is InChI=1S/C32H38N6O/c1-21-33-27-8-6-23(17-28(27)34-21)22-7-9-29-24(16-22)19-38(14-15-39-29)31-25-18-32(2,3)11-10-26(25)35-30(36-31)20-37-12-4-5-13-37/h6-9,16-17H,4-5,10-15,18-20H2,1-3H3,(H,33,34). The van der Waals surface area contributed by atoms with Crippen molar-refractivity contribution in [1.29, 1.82) is 0 Å². The van der Waals surface area contributed by atoms with E-state index < -0.39 is 0 Å². The van der Waals surface area contributed by atoms with Crippen LogP contribution in [-0.4, -0.2) is 51.1 Å². The number of ether oxygens (including phenoxy) is 1. The number of benzene rings is 2. The molecule has 2 aromatic carbocycles. The average molecular weight is 523 g/mol. The number of nitrogens with one attached hydrogen (secondary N) is 1. The summed E-state index contributed by atoms with van der Waals surface area (Å²) in [7, 11) is 0. The van der Waals surface area contributed by atoms with E-state index in [9.17, 15) is 0 Å². The lowest BCUT2D eigenvalue weighted by atomic mass is 9.76. The minimum absolute atomic E-state index is 0.263. The summed E-state index contributed by atoms with van der Waals surface area (Å²) >= 11 is 0. The zero-order chi connectivity index (χ0) is 26.6. The molecule has 0 amide bonds. The van der Waals surface area contributed by atoms with Gasteiger partial charge in [-0.15, -0.1) is 0 Å². The Balaban J connectivity index is 1.25. The van der Waals surface area contributed by atoms with Crippen molar-refractivity contribution in [2.45, 2.75) is 66.0 Å². The first-order valence-electron chi connectivity index (χ1n) is 14.5. The van der Waals surface area contributed by atoms with Gasteiger partial charge < -0.3 is 14.6 Å². The summed E-state index contributed by atoms with van der Waals surface area (Å²) in [5.41, 5.74) is 8.51. The highest BCUT2D eigenvalue weighted by Gasteiger charge is 2.32. The summed E-state index contributed by atoms with van der Waals surface area (Å²) in [6.45, 7) is 12.2. The molecule has 0 atom stereocenters. The molecule has 0 saturated carbocycles.